The molecule has 0 radical (unpaired) electrons. The maximum absolute atomic E-state index is 4.38. The van der Waals surface area contributed by atoms with Crippen molar-refractivity contribution in [3.8, 4) is 0 Å². The Kier molecular flexibility index (Phi) is 42.1. The molecule has 0 saturated heterocycles. The van der Waals surface area contributed by atoms with Gasteiger partial charge in [0.25, 0.3) is 0 Å². The van der Waals surface area contributed by atoms with E-state index in [4.69, 9.17) is 0 Å². The predicted molar refractivity (Wildman–Crippen MR) is 301 cm³/mol. The van der Waals surface area contributed by atoms with Crippen molar-refractivity contribution in [1.82, 2.24) is 0 Å². The summed E-state index contributed by atoms with van der Waals surface area (Å²) in [6.07, 6.45) is 69.2. The minimum atomic E-state index is 1.06. The maximum atomic E-state index is 4.38. The quantitative estimate of drug-likeness (QED) is 0.0425. The van der Waals surface area contributed by atoms with E-state index in [1.165, 1.54) is 165 Å². The van der Waals surface area contributed by atoms with Gasteiger partial charge in [-0.05, 0) is 230 Å². The van der Waals surface area contributed by atoms with Crippen LogP contribution < -0.4 is 0 Å². The lowest BCUT2D eigenvalue weighted by atomic mass is 10.0. The van der Waals surface area contributed by atoms with E-state index >= 15 is 0 Å². The molecule has 0 aromatic heterocycles. The minimum Gasteiger partial charge on any atom is -0.0999 e. The van der Waals surface area contributed by atoms with Crippen molar-refractivity contribution < 1.29 is 0 Å². The molecule has 0 aromatic rings. The largest absolute Gasteiger partial charge is 0.0999 e. The Labute approximate surface area is 407 Å². The molecule has 0 bridgehead atoms. The highest BCUT2D eigenvalue weighted by molar-refractivity contribution is 5.11. The number of unbranched alkanes of at least 4 members (excludes halogenated alkanes) is 5. The van der Waals surface area contributed by atoms with Crippen LogP contribution >= 0.6 is 0 Å². The molecule has 0 spiro atoms. The molecule has 0 unspecified atom stereocenters. The Morgan fingerprint density at radius 1 is 0.277 bits per heavy atom. The molecule has 0 atom stereocenters. The molecule has 0 aliphatic heterocycles. The summed E-state index contributed by atoms with van der Waals surface area (Å²) >= 11 is 0. The zero-order valence-electron chi connectivity index (χ0n) is 45.2. The summed E-state index contributed by atoms with van der Waals surface area (Å²) in [4.78, 5) is 0. The normalized spacial score (nSPS) is 14.3. The molecule has 0 heterocycles. The fourth-order valence-corrected chi connectivity index (χ4v) is 7.87. The standard InChI is InChI=1S/C65H106/c1-13-14-15-16-17-18-19-20-21-22-23-24-25-26-27-38-57(4)40-29-42-59(6)44-31-46-61(8)48-33-50-63(10)52-35-54-65(12)55-36-53-64(11)51-34-49-62(9)47-32-45-60(7)43-30-41-58(5)39-28-37-56(2)3/h14-15,17-18,20-21,37,41-42,45-46,49-50,53-54H,4,13,16,19,22-36,38-40,43-44,47-48,51-52,55H2,1-3,5-12H3. The van der Waals surface area contributed by atoms with Gasteiger partial charge in [0.15, 0.2) is 0 Å². The zero-order valence-corrected chi connectivity index (χ0v) is 45.2. The van der Waals surface area contributed by atoms with Crippen LogP contribution in [0.5, 0.6) is 0 Å². The van der Waals surface area contributed by atoms with Gasteiger partial charge in [-0.15, -0.1) is 0 Å². The molecule has 0 nitrogen and oxygen atoms in total. The van der Waals surface area contributed by atoms with Crippen LogP contribution in [0.4, 0.5) is 0 Å². The molecule has 0 aliphatic carbocycles. The van der Waals surface area contributed by atoms with Crippen molar-refractivity contribution in [3.05, 3.63) is 153 Å². The van der Waals surface area contributed by atoms with Crippen molar-refractivity contribution in [2.24, 2.45) is 0 Å². The monoisotopic (exact) mass is 887 g/mol. The SMILES string of the molecule is C=C(CCC=C(C)CCC=C(C)CCC=C(C)CCC=C(C)CCC=C(C)CCC=C(C)CCC=C(C)CCC=C(C)CCC=C(C)C)CCCCCCCC=CCC=CCC=CCC. The van der Waals surface area contributed by atoms with Crippen LogP contribution in [0.3, 0.4) is 0 Å². The molecule has 0 fully saturated rings. The van der Waals surface area contributed by atoms with Crippen molar-refractivity contribution >= 4 is 0 Å². The highest BCUT2D eigenvalue weighted by atomic mass is 14.1. The Hall–Kier alpha value is -3.38. The van der Waals surface area contributed by atoms with Gasteiger partial charge < -0.3 is 0 Å². The van der Waals surface area contributed by atoms with E-state index in [-0.39, 0.29) is 0 Å². The summed E-state index contributed by atoms with van der Waals surface area (Å²) in [5.74, 6) is 0. The van der Waals surface area contributed by atoms with E-state index in [9.17, 15) is 0 Å². The zero-order chi connectivity index (χ0) is 48.2. The molecule has 0 N–H and O–H groups in total. The van der Waals surface area contributed by atoms with Gasteiger partial charge in [-0.3, -0.25) is 0 Å². The lowest BCUT2D eigenvalue weighted by molar-refractivity contribution is 0.611. The number of allylic oxidation sites excluding steroid dienone is 25. The van der Waals surface area contributed by atoms with E-state index in [0.29, 0.717) is 0 Å². The van der Waals surface area contributed by atoms with Gasteiger partial charge in [0, 0.05) is 0 Å². The van der Waals surface area contributed by atoms with Crippen molar-refractivity contribution in [2.75, 3.05) is 0 Å². The van der Waals surface area contributed by atoms with Gasteiger partial charge in [-0.1, -0.05) is 180 Å². The van der Waals surface area contributed by atoms with Crippen LogP contribution in [-0.2, 0) is 0 Å². The van der Waals surface area contributed by atoms with Crippen molar-refractivity contribution in [1.29, 1.82) is 0 Å². The lowest BCUT2D eigenvalue weighted by Gasteiger charge is -2.05. The topological polar surface area (TPSA) is 0 Å². The van der Waals surface area contributed by atoms with Gasteiger partial charge in [0.05, 0.1) is 0 Å². The third-order valence-electron chi connectivity index (χ3n) is 12.5. The van der Waals surface area contributed by atoms with E-state index in [0.717, 1.165) is 70.6 Å². The molecule has 0 rings (SSSR count). The number of hydrogen-bond acceptors (Lipinski definition) is 0. The summed E-state index contributed by atoms with van der Waals surface area (Å²) in [5, 5.41) is 0. The summed E-state index contributed by atoms with van der Waals surface area (Å²) < 4.78 is 0. The predicted octanol–water partition coefficient (Wildman–Crippen LogP) is 22.7. The van der Waals surface area contributed by atoms with Gasteiger partial charge in [0.1, 0.15) is 0 Å². The second kappa shape index (κ2) is 44.5. The maximum Gasteiger partial charge on any atom is -0.0169 e. The van der Waals surface area contributed by atoms with Crippen LogP contribution in [-0.4, -0.2) is 0 Å². The first kappa shape index (κ1) is 61.6. The molecule has 0 aliphatic rings. The van der Waals surface area contributed by atoms with Crippen LogP contribution in [0.25, 0.3) is 0 Å². The molecular weight excluding hydrogens is 781 g/mol. The van der Waals surface area contributed by atoms with Gasteiger partial charge >= 0.3 is 0 Å². The third-order valence-corrected chi connectivity index (χ3v) is 12.5. The van der Waals surface area contributed by atoms with Crippen LogP contribution in [0.15, 0.2) is 153 Å². The summed E-state index contributed by atoms with van der Waals surface area (Å²) in [6, 6.07) is 0. The lowest BCUT2D eigenvalue weighted by Crippen LogP contribution is -1.85. The van der Waals surface area contributed by atoms with Crippen LogP contribution in [0, 0.1) is 0 Å². The number of rotatable bonds is 40. The molecule has 0 heteroatoms. The van der Waals surface area contributed by atoms with Gasteiger partial charge in [-0.2, -0.15) is 0 Å². The average Bonchev–Trinajstić information content (AvgIpc) is 3.25. The Bertz CT molecular complexity index is 1600. The Morgan fingerprint density at radius 3 is 0.892 bits per heavy atom. The molecule has 0 amide bonds. The Morgan fingerprint density at radius 2 is 0.554 bits per heavy atom. The second-order valence-corrected chi connectivity index (χ2v) is 19.9. The average molecular weight is 888 g/mol. The smallest absolute Gasteiger partial charge is 0.0169 e. The van der Waals surface area contributed by atoms with Gasteiger partial charge in [0.2, 0.25) is 0 Å². The second-order valence-electron chi connectivity index (χ2n) is 19.9. The van der Waals surface area contributed by atoms with Crippen molar-refractivity contribution in [3.63, 3.8) is 0 Å². The fourth-order valence-electron chi connectivity index (χ4n) is 7.87. The van der Waals surface area contributed by atoms with E-state index < -0.39 is 0 Å². The summed E-state index contributed by atoms with van der Waals surface area (Å²) in [7, 11) is 0. The Balaban J connectivity index is 4.11. The van der Waals surface area contributed by atoms with E-state index in [2.05, 4.69) is 174 Å². The number of hydrogen-bond donors (Lipinski definition) is 0. The fraction of sp³-hybridized carbons (Fsp3) is 0.600. The van der Waals surface area contributed by atoms with Crippen LogP contribution in [0.1, 0.15) is 256 Å². The molecule has 0 aromatic carbocycles. The van der Waals surface area contributed by atoms with Crippen LogP contribution in [0.2, 0.25) is 0 Å². The minimum absolute atomic E-state index is 1.06. The van der Waals surface area contributed by atoms with E-state index in [1.54, 1.807) is 0 Å². The summed E-state index contributed by atoms with van der Waals surface area (Å²) in [5.41, 5.74) is 15.1. The molecular formula is C65H106. The van der Waals surface area contributed by atoms with Crippen molar-refractivity contribution in [2.45, 2.75) is 256 Å². The third kappa shape index (κ3) is 45.6. The van der Waals surface area contributed by atoms with Gasteiger partial charge in [-0.25, -0.2) is 0 Å². The highest BCUT2D eigenvalue weighted by Gasteiger charge is 1.99. The molecule has 366 valence electrons. The first-order valence-electron chi connectivity index (χ1n) is 26.8. The summed E-state index contributed by atoms with van der Waals surface area (Å²) in [6.45, 7) is 29.4. The van der Waals surface area contributed by atoms with E-state index in [1.807, 2.05) is 0 Å². The first-order chi connectivity index (χ1) is 31.3. The molecule has 65 heavy (non-hydrogen) atoms. The highest BCUT2D eigenvalue weighted by Crippen LogP contribution is 2.19. The molecule has 0 saturated carbocycles. The first-order valence-corrected chi connectivity index (χ1v) is 26.8.